The van der Waals surface area contributed by atoms with Gasteiger partial charge in [-0.1, -0.05) is 13.8 Å². The van der Waals surface area contributed by atoms with Crippen LogP contribution in [-0.2, 0) is 4.79 Å². The Balaban J connectivity index is 1.83. The van der Waals surface area contributed by atoms with Crippen molar-refractivity contribution in [3.05, 3.63) is 43.5 Å². The molecular weight excluding hydrogens is 447 g/mol. The predicted octanol–water partition coefficient (Wildman–Crippen LogP) is 2.30. The molecule has 2 bridgehead atoms. The molecule has 0 spiro atoms. The van der Waals surface area contributed by atoms with E-state index in [1.807, 2.05) is 36.4 Å². The largest absolute Gasteiger partial charge is 0.493 e. The number of hydrogen-bond acceptors (Lipinski definition) is 4. The van der Waals surface area contributed by atoms with Gasteiger partial charge in [0, 0.05) is 16.0 Å². The van der Waals surface area contributed by atoms with Crippen molar-refractivity contribution in [2.24, 2.45) is 5.92 Å². The lowest BCUT2D eigenvalue weighted by Gasteiger charge is -2.29. The molecule has 0 aliphatic carbocycles. The Hall–Kier alpha value is -2.28. The van der Waals surface area contributed by atoms with Crippen LogP contribution in [0.4, 0.5) is 0 Å². The van der Waals surface area contributed by atoms with Crippen molar-refractivity contribution in [1.29, 1.82) is 5.26 Å². The maximum absolute atomic E-state index is 12.9. The molecule has 1 amide bonds. The molecule has 134 valence electrons. The van der Waals surface area contributed by atoms with Crippen LogP contribution >= 0.6 is 22.6 Å². The second-order valence-corrected chi connectivity index (χ2v) is 8.19. The first kappa shape index (κ1) is 17.1. The number of carbonyl (C=O) groups is 1. The molecule has 0 saturated carbocycles. The summed E-state index contributed by atoms with van der Waals surface area (Å²) in [6, 6.07) is 6.71. The van der Waals surface area contributed by atoms with Crippen molar-refractivity contribution in [3.63, 3.8) is 0 Å². The Morgan fingerprint density at radius 1 is 1.42 bits per heavy atom. The minimum Gasteiger partial charge on any atom is -0.493 e. The summed E-state index contributed by atoms with van der Waals surface area (Å²) in [7, 11) is 0. The van der Waals surface area contributed by atoms with E-state index in [4.69, 9.17) is 5.26 Å². The highest BCUT2D eigenvalue weighted by molar-refractivity contribution is 14.1. The molecule has 8 heteroatoms. The Morgan fingerprint density at radius 2 is 2.15 bits per heavy atom. The third-order valence-corrected chi connectivity index (χ3v) is 6.06. The number of imidazole rings is 1. The Bertz CT molecular complexity index is 1030. The van der Waals surface area contributed by atoms with Crippen LogP contribution in [0, 0.1) is 20.8 Å². The van der Waals surface area contributed by atoms with Gasteiger partial charge in [0.05, 0.1) is 23.3 Å². The van der Waals surface area contributed by atoms with E-state index >= 15 is 0 Å². The van der Waals surface area contributed by atoms with E-state index in [9.17, 15) is 14.7 Å². The molecule has 26 heavy (non-hydrogen) atoms. The monoisotopic (exact) mass is 464 g/mol. The topological polar surface area (TPSA) is 91.3 Å². The third-order valence-electron chi connectivity index (χ3n) is 5.17. The molecule has 1 fully saturated rings. The SMILES string of the molecule is CC(C)C(=O)N1C[C@@H]2C[C@H]1c1c(O)n(-c3ccc(C#N)c(I)c3)c(=O)n12. The summed E-state index contributed by atoms with van der Waals surface area (Å²) in [5, 5.41) is 19.9. The van der Waals surface area contributed by atoms with Gasteiger partial charge in [-0.2, -0.15) is 5.26 Å². The van der Waals surface area contributed by atoms with Crippen molar-refractivity contribution >= 4 is 28.5 Å². The average Bonchev–Trinajstić information content (AvgIpc) is 3.25. The van der Waals surface area contributed by atoms with Crippen LogP contribution in [0.5, 0.6) is 5.88 Å². The molecule has 2 atom stereocenters. The van der Waals surface area contributed by atoms with E-state index in [-0.39, 0.29) is 35.5 Å². The van der Waals surface area contributed by atoms with Crippen LogP contribution in [0.15, 0.2) is 23.0 Å². The lowest BCUT2D eigenvalue weighted by Crippen LogP contribution is -2.39. The van der Waals surface area contributed by atoms with Gasteiger partial charge in [-0.05, 0) is 47.2 Å². The lowest BCUT2D eigenvalue weighted by molar-refractivity contribution is -0.136. The molecule has 2 aliphatic heterocycles. The van der Waals surface area contributed by atoms with Gasteiger partial charge in [-0.25, -0.2) is 9.36 Å². The molecule has 1 saturated heterocycles. The fourth-order valence-electron chi connectivity index (χ4n) is 3.99. The van der Waals surface area contributed by atoms with Crippen LogP contribution in [0.25, 0.3) is 5.69 Å². The van der Waals surface area contributed by atoms with Crippen molar-refractivity contribution in [2.45, 2.75) is 32.4 Å². The molecule has 0 unspecified atom stereocenters. The molecule has 4 rings (SSSR count). The van der Waals surface area contributed by atoms with E-state index in [1.165, 1.54) is 4.57 Å². The highest BCUT2D eigenvalue weighted by Gasteiger charge is 2.49. The maximum atomic E-state index is 12.9. The minimum atomic E-state index is -0.304. The molecule has 1 aromatic carbocycles. The minimum absolute atomic E-state index is 0.0382. The number of likely N-dealkylation sites (tertiary alicyclic amines) is 1. The fraction of sp³-hybridized carbons (Fsp3) is 0.389. The Labute approximate surface area is 163 Å². The molecule has 1 aromatic heterocycles. The summed E-state index contributed by atoms with van der Waals surface area (Å²) in [6.07, 6.45) is 0.669. The van der Waals surface area contributed by atoms with E-state index in [0.29, 0.717) is 33.5 Å². The maximum Gasteiger partial charge on any atom is 0.336 e. The van der Waals surface area contributed by atoms with Crippen LogP contribution in [-0.4, -0.2) is 31.6 Å². The zero-order chi connectivity index (χ0) is 18.7. The molecule has 1 N–H and O–H groups in total. The molecular formula is C18H17IN4O3. The number of hydrogen-bond donors (Lipinski definition) is 1. The van der Waals surface area contributed by atoms with Crippen molar-refractivity contribution in [3.8, 4) is 17.6 Å². The third kappa shape index (κ3) is 2.23. The smallest absolute Gasteiger partial charge is 0.336 e. The first-order chi connectivity index (χ1) is 12.3. The number of aromatic hydroxyl groups is 1. The Kier molecular flexibility index (Phi) is 3.87. The van der Waals surface area contributed by atoms with E-state index in [2.05, 4.69) is 6.07 Å². The highest BCUT2D eigenvalue weighted by atomic mass is 127. The summed E-state index contributed by atoms with van der Waals surface area (Å²) in [6.45, 7) is 4.21. The predicted molar refractivity (Wildman–Crippen MR) is 102 cm³/mol. The summed E-state index contributed by atoms with van der Waals surface area (Å²) < 4.78 is 3.59. The Morgan fingerprint density at radius 3 is 2.77 bits per heavy atom. The number of nitrogens with zero attached hydrogens (tertiary/aromatic N) is 4. The molecule has 2 aliphatic rings. The van der Waals surface area contributed by atoms with Gasteiger partial charge in [0.15, 0.2) is 0 Å². The van der Waals surface area contributed by atoms with Crippen LogP contribution in [0.3, 0.4) is 0 Å². The van der Waals surface area contributed by atoms with Crippen LogP contribution in [0.1, 0.15) is 43.6 Å². The number of carbonyl (C=O) groups excluding carboxylic acids is 1. The van der Waals surface area contributed by atoms with Crippen LogP contribution < -0.4 is 5.69 Å². The second-order valence-electron chi connectivity index (χ2n) is 7.02. The quantitative estimate of drug-likeness (QED) is 0.691. The van der Waals surface area contributed by atoms with Gasteiger partial charge in [-0.3, -0.25) is 9.36 Å². The average molecular weight is 464 g/mol. The molecule has 3 heterocycles. The van der Waals surface area contributed by atoms with Gasteiger partial charge in [0.25, 0.3) is 0 Å². The van der Waals surface area contributed by atoms with Gasteiger partial charge in [0.1, 0.15) is 11.8 Å². The number of benzene rings is 1. The zero-order valence-electron chi connectivity index (χ0n) is 14.3. The number of amides is 1. The summed E-state index contributed by atoms with van der Waals surface area (Å²) in [5.74, 6) is -0.209. The van der Waals surface area contributed by atoms with E-state index < -0.39 is 0 Å². The van der Waals surface area contributed by atoms with Gasteiger partial charge >= 0.3 is 5.69 Å². The van der Waals surface area contributed by atoms with Gasteiger partial charge in [0.2, 0.25) is 11.8 Å². The first-order valence-electron chi connectivity index (χ1n) is 8.41. The number of aromatic nitrogens is 2. The normalized spacial score (nSPS) is 20.5. The van der Waals surface area contributed by atoms with Crippen molar-refractivity contribution < 1.29 is 9.90 Å². The van der Waals surface area contributed by atoms with Crippen LogP contribution in [0.2, 0.25) is 0 Å². The number of halogens is 1. The number of rotatable bonds is 2. The second kappa shape index (κ2) is 5.87. The van der Waals surface area contributed by atoms with Crippen molar-refractivity contribution in [1.82, 2.24) is 14.0 Å². The van der Waals surface area contributed by atoms with Crippen molar-refractivity contribution in [2.75, 3.05) is 6.54 Å². The highest BCUT2D eigenvalue weighted by Crippen LogP contribution is 2.48. The zero-order valence-corrected chi connectivity index (χ0v) is 16.5. The van der Waals surface area contributed by atoms with Gasteiger partial charge < -0.3 is 10.0 Å². The number of nitriles is 1. The van der Waals surface area contributed by atoms with Gasteiger partial charge in [-0.15, -0.1) is 0 Å². The van der Waals surface area contributed by atoms with E-state index in [0.717, 1.165) is 0 Å². The molecule has 7 nitrogen and oxygen atoms in total. The number of fused-ring (bicyclic) bond motifs is 5. The first-order valence-corrected chi connectivity index (χ1v) is 9.49. The fourth-order valence-corrected chi connectivity index (χ4v) is 4.61. The molecule has 0 radical (unpaired) electrons. The molecule has 2 aromatic rings. The summed E-state index contributed by atoms with van der Waals surface area (Å²) in [5.41, 5.74) is 1.24. The standard InChI is InChI=1S/C18H17IN4O3/c1-9(2)16(24)21-8-12-6-14(21)15-17(25)23(18(26)22(12)15)11-4-3-10(7-20)13(19)5-11/h3-5,9,12,14,25H,6,8H2,1-2H3/t12-,14-/m0/s1. The lowest BCUT2D eigenvalue weighted by atomic mass is 10.1. The summed E-state index contributed by atoms with van der Waals surface area (Å²) >= 11 is 2.04. The van der Waals surface area contributed by atoms with E-state index in [1.54, 1.807) is 27.7 Å². The summed E-state index contributed by atoms with van der Waals surface area (Å²) in [4.78, 5) is 27.2.